The van der Waals surface area contributed by atoms with E-state index in [4.69, 9.17) is 21.1 Å². The number of ether oxygens (including phenoxy) is 2. The summed E-state index contributed by atoms with van der Waals surface area (Å²) < 4.78 is 11.7. The third kappa shape index (κ3) is 3.76. The normalized spacial score (nSPS) is 10.3. The zero-order valence-electron chi connectivity index (χ0n) is 12.3. The Hall–Kier alpha value is -2.65. The van der Waals surface area contributed by atoms with Crippen LogP contribution < -0.4 is 9.47 Å². The fraction of sp³-hybridized carbons (Fsp3) is 0.0526. The Morgan fingerprint density at radius 1 is 0.783 bits per heavy atom. The Bertz CT molecular complexity index is 773. The quantitative estimate of drug-likeness (QED) is 0.610. The van der Waals surface area contributed by atoms with Crippen molar-refractivity contribution in [3.63, 3.8) is 0 Å². The van der Waals surface area contributed by atoms with E-state index < -0.39 is 0 Å². The van der Waals surface area contributed by atoms with Gasteiger partial charge in [0, 0.05) is 5.88 Å². The molecule has 0 heterocycles. The molecule has 0 aliphatic rings. The summed E-state index contributed by atoms with van der Waals surface area (Å²) in [6.45, 7) is 0. The van der Waals surface area contributed by atoms with Crippen LogP contribution in [-0.4, -0.2) is 5.11 Å². The van der Waals surface area contributed by atoms with Gasteiger partial charge in [-0.1, -0.05) is 36.4 Å². The van der Waals surface area contributed by atoms with Crippen molar-refractivity contribution in [1.82, 2.24) is 0 Å². The molecule has 0 aromatic heterocycles. The number of phenols is 1. The predicted octanol–water partition coefficient (Wildman–Crippen LogP) is 5.72. The summed E-state index contributed by atoms with van der Waals surface area (Å²) in [7, 11) is 0. The maximum absolute atomic E-state index is 10.3. The Kier molecular flexibility index (Phi) is 4.69. The highest BCUT2D eigenvalue weighted by molar-refractivity contribution is 6.17. The minimum absolute atomic E-state index is 0.0158. The van der Waals surface area contributed by atoms with Crippen LogP contribution in [0.5, 0.6) is 28.7 Å². The molecule has 3 rings (SSSR count). The second-order valence-corrected chi connectivity index (χ2v) is 5.17. The molecule has 0 radical (unpaired) electrons. The fourth-order valence-electron chi connectivity index (χ4n) is 2.12. The largest absolute Gasteiger partial charge is 0.504 e. The standard InChI is InChI=1S/C19H15ClO3/c20-13-14-11-17(21)19(23-16-9-5-2-6-10-16)18(12-14)22-15-7-3-1-4-8-15/h1-12,21H,13H2. The summed E-state index contributed by atoms with van der Waals surface area (Å²) in [6, 6.07) is 21.9. The molecule has 0 amide bonds. The van der Waals surface area contributed by atoms with Crippen molar-refractivity contribution >= 4 is 11.6 Å². The average molecular weight is 327 g/mol. The topological polar surface area (TPSA) is 38.7 Å². The van der Waals surface area contributed by atoms with E-state index in [1.54, 1.807) is 24.3 Å². The summed E-state index contributed by atoms with van der Waals surface area (Å²) in [6.07, 6.45) is 0. The van der Waals surface area contributed by atoms with E-state index in [1.165, 1.54) is 0 Å². The van der Waals surface area contributed by atoms with Gasteiger partial charge in [0.05, 0.1) is 0 Å². The minimum Gasteiger partial charge on any atom is -0.504 e. The van der Waals surface area contributed by atoms with Gasteiger partial charge in [0.15, 0.2) is 11.5 Å². The van der Waals surface area contributed by atoms with Gasteiger partial charge >= 0.3 is 0 Å². The second-order valence-electron chi connectivity index (χ2n) is 4.91. The number of rotatable bonds is 5. The lowest BCUT2D eigenvalue weighted by Gasteiger charge is -2.15. The molecular formula is C19H15ClO3. The van der Waals surface area contributed by atoms with Gasteiger partial charge in [0.2, 0.25) is 5.75 Å². The molecule has 0 aliphatic carbocycles. The first kappa shape index (κ1) is 15.3. The number of benzene rings is 3. The molecule has 0 bridgehead atoms. The fourth-order valence-corrected chi connectivity index (χ4v) is 2.27. The molecule has 0 aliphatic heterocycles. The highest BCUT2D eigenvalue weighted by Crippen LogP contribution is 2.42. The first-order valence-electron chi connectivity index (χ1n) is 7.14. The number of hydrogen-bond donors (Lipinski definition) is 1. The Labute approximate surface area is 139 Å². The smallest absolute Gasteiger partial charge is 0.211 e. The highest BCUT2D eigenvalue weighted by atomic mass is 35.5. The number of para-hydroxylation sites is 2. The molecule has 0 saturated heterocycles. The first-order valence-corrected chi connectivity index (χ1v) is 7.67. The van der Waals surface area contributed by atoms with Crippen LogP contribution in [0.15, 0.2) is 72.8 Å². The van der Waals surface area contributed by atoms with E-state index in [9.17, 15) is 5.11 Å². The monoisotopic (exact) mass is 326 g/mol. The van der Waals surface area contributed by atoms with Crippen LogP contribution in [0.25, 0.3) is 0 Å². The molecule has 3 nitrogen and oxygen atoms in total. The van der Waals surface area contributed by atoms with Crippen molar-refractivity contribution in [2.24, 2.45) is 0 Å². The van der Waals surface area contributed by atoms with Crippen molar-refractivity contribution in [3.05, 3.63) is 78.4 Å². The molecule has 0 saturated carbocycles. The molecule has 0 unspecified atom stereocenters. The Morgan fingerprint density at radius 2 is 1.35 bits per heavy atom. The van der Waals surface area contributed by atoms with Crippen molar-refractivity contribution in [3.8, 4) is 28.7 Å². The molecule has 4 heteroatoms. The molecule has 1 N–H and O–H groups in total. The van der Waals surface area contributed by atoms with Crippen molar-refractivity contribution in [1.29, 1.82) is 0 Å². The maximum atomic E-state index is 10.3. The summed E-state index contributed by atoms with van der Waals surface area (Å²) in [5.41, 5.74) is 0.746. The number of halogens is 1. The van der Waals surface area contributed by atoms with Crippen molar-refractivity contribution < 1.29 is 14.6 Å². The van der Waals surface area contributed by atoms with Gasteiger partial charge in [-0.05, 0) is 42.0 Å². The van der Waals surface area contributed by atoms with E-state index in [0.717, 1.165) is 5.56 Å². The summed E-state index contributed by atoms with van der Waals surface area (Å²) in [5.74, 6) is 2.18. The Balaban J connectivity index is 1.99. The van der Waals surface area contributed by atoms with Gasteiger partial charge in [-0.3, -0.25) is 0 Å². The zero-order chi connectivity index (χ0) is 16.1. The van der Waals surface area contributed by atoms with Gasteiger partial charge in [0.25, 0.3) is 0 Å². The number of phenolic OH excluding ortho intramolecular Hbond substituents is 1. The van der Waals surface area contributed by atoms with E-state index >= 15 is 0 Å². The zero-order valence-corrected chi connectivity index (χ0v) is 13.0. The molecule has 0 atom stereocenters. The second kappa shape index (κ2) is 7.07. The first-order chi connectivity index (χ1) is 11.3. The highest BCUT2D eigenvalue weighted by Gasteiger charge is 2.15. The lowest BCUT2D eigenvalue weighted by molar-refractivity contribution is 0.380. The maximum Gasteiger partial charge on any atom is 0.211 e. The minimum atomic E-state index is -0.0158. The molecule has 0 spiro atoms. The Morgan fingerprint density at radius 3 is 1.91 bits per heavy atom. The van der Waals surface area contributed by atoms with Crippen LogP contribution in [0.1, 0.15) is 5.56 Å². The predicted molar refractivity (Wildman–Crippen MR) is 90.7 cm³/mol. The van der Waals surface area contributed by atoms with Gasteiger partial charge in [-0.2, -0.15) is 0 Å². The average Bonchev–Trinajstić information content (AvgIpc) is 2.59. The van der Waals surface area contributed by atoms with E-state index in [2.05, 4.69) is 0 Å². The van der Waals surface area contributed by atoms with E-state index in [-0.39, 0.29) is 17.4 Å². The SMILES string of the molecule is Oc1cc(CCl)cc(Oc2ccccc2)c1Oc1ccccc1. The van der Waals surface area contributed by atoms with Crippen molar-refractivity contribution in [2.45, 2.75) is 5.88 Å². The molecular weight excluding hydrogens is 312 g/mol. The number of alkyl halides is 1. The van der Waals surface area contributed by atoms with E-state index in [0.29, 0.717) is 17.2 Å². The van der Waals surface area contributed by atoms with Crippen molar-refractivity contribution in [2.75, 3.05) is 0 Å². The van der Waals surface area contributed by atoms with Crippen LogP contribution in [0, 0.1) is 0 Å². The molecule has 3 aromatic rings. The van der Waals surface area contributed by atoms with Crippen LogP contribution in [0.4, 0.5) is 0 Å². The lowest BCUT2D eigenvalue weighted by Crippen LogP contribution is -1.93. The van der Waals surface area contributed by atoms with Crippen LogP contribution in [0.2, 0.25) is 0 Å². The van der Waals surface area contributed by atoms with Gasteiger partial charge in [-0.15, -0.1) is 11.6 Å². The van der Waals surface area contributed by atoms with Crippen LogP contribution in [-0.2, 0) is 5.88 Å². The number of hydrogen-bond acceptors (Lipinski definition) is 3. The van der Waals surface area contributed by atoms with Gasteiger partial charge < -0.3 is 14.6 Å². The summed E-state index contributed by atoms with van der Waals surface area (Å²) >= 11 is 5.88. The summed E-state index contributed by atoms with van der Waals surface area (Å²) in [4.78, 5) is 0. The van der Waals surface area contributed by atoms with Gasteiger partial charge in [-0.25, -0.2) is 0 Å². The molecule has 23 heavy (non-hydrogen) atoms. The third-order valence-electron chi connectivity index (χ3n) is 3.18. The number of aromatic hydroxyl groups is 1. The molecule has 3 aromatic carbocycles. The molecule has 116 valence electrons. The third-order valence-corrected chi connectivity index (χ3v) is 3.49. The summed E-state index contributed by atoms with van der Waals surface area (Å²) in [5, 5.41) is 10.3. The van der Waals surface area contributed by atoms with Crippen LogP contribution in [0.3, 0.4) is 0 Å². The van der Waals surface area contributed by atoms with Crippen LogP contribution >= 0.6 is 11.6 Å². The van der Waals surface area contributed by atoms with Gasteiger partial charge in [0.1, 0.15) is 11.5 Å². The molecule has 0 fully saturated rings. The van der Waals surface area contributed by atoms with E-state index in [1.807, 2.05) is 48.5 Å². The lowest BCUT2D eigenvalue weighted by atomic mass is 10.2.